The van der Waals surface area contributed by atoms with E-state index >= 15 is 0 Å². The van der Waals surface area contributed by atoms with E-state index in [1.807, 2.05) is 56.3 Å². The summed E-state index contributed by atoms with van der Waals surface area (Å²) in [7, 11) is 0. The Morgan fingerprint density at radius 3 is 2.74 bits per heavy atom. The van der Waals surface area contributed by atoms with E-state index in [1.54, 1.807) is 6.20 Å². The van der Waals surface area contributed by atoms with Crippen LogP contribution in [-0.2, 0) is 4.79 Å². The Morgan fingerprint density at radius 2 is 2.04 bits per heavy atom. The van der Waals surface area contributed by atoms with Crippen LogP contribution in [0.25, 0.3) is 0 Å². The van der Waals surface area contributed by atoms with E-state index in [9.17, 15) is 4.79 Å². The molecule has 0 bridgehead atoms. The highest BCUT2D eigenvalue weighted by Gasteiger charge is 2.13. The minimum atomic E-state index is -0.0301. The van der Waals surface area contributed by atoms with Crippen molar-refractivity contribution in [2.45, 2.75) is 39.2 Å². The Bertz CT molecular complexity index is 614. The average Bonchev–Trinajstić information content (AvgIpc) is 2.57. The topological polar surface area (TPSA) is 51.2 Å². The molecule has 0 aliphatic heterocycles. The molecular formula is C19H24N2O2. The summed E-state index contributed by atoms with van der Waals surface area (Å²) in [4.78, 5) is 16.4. The summed E-state index contributed by atoms with van der Waals surface area (Å²) in [6.07, 6.45) is 3.75. The molecule has 4 nitrogen and oxygen atoms in total. The number of ether oxygens (including phenoxy) is 1. The van der Waals surface area contributed by atoms with Gasteiger partial charge in [0.15, 0.2) is 0 Å². The molecule has 0 fully saturated rings. The molecule has 23 heavy (non-hydrogen) atoms. The maximum absolute atomic E-state index is 12.1. The molecule has 1 atom stereocenters. The smallest absolute Gasteiger partial charge is 0.220 e. The van der Waals surface area contributed by atoms with Crippen molar-refractivity contribution in [3.63, 3.8) is 0 Å². The summed E-state index contributed by atoms with van der Waals surface area (Å²) < 4.78 is 5.60. The van der Waals surface area contributed by atoms with E-state index in [0.29, 0.717) is 19.4 Å². The number of hydrogen-bond acceptors (Lipinski definition) is 3. The quantitative estimate of drug-likeness (QED) is 0.754. The minimum absolute atomic E-state index is 0.0301. The summed E-state index contributed by atoms with van der Waals surface area (Å²) in [6, 6.07) is 13.6. The molecule has 1 N–H and O–H groups in total. The predicted octanol–water partition coefficient (Wildman–Crippen LogP) is 3.82. The fourth-order valence-electron chi connectivity index (χ4n) is 2.34. The van der Waals surface area contributed by atoms with Gasteiger partial charge in [-0.1, -0.05) is 25.1 Å². The molecule has 0 aliphatic carbocycles. The monoisotopic (exact) mass is 312 g/mol. The van der Waals surface area contributed by atoms with Crippen molar-refractivity contribution >= 4 is 5.91 Å². The standard InChI is InChI=1S/C19H24N2O2/c1-3-17(18-14-15(2)11-12-20-18)21-19(22)10-7-13-23-16-8-5-4-6-9-16/h4-6,8-9,11-12,14,17H,3,7,10,13H2,1-2H3,(H,21,22). The number of pyridine rings is 1. The second-order valence-corrected chi connectivity index (χ2v) is 5.55. The molecule has 2 rings (SSSR count). The van der Waals surface area contributed by atoms with E-state index in [4.69, 9.17) is 4.74 Å². The van der Waals surface area contributed by atoms with E-state index in [2.05, 4.69) is 10.3 Å². The third kappa shape index (κ3) is 5.74. The number of aryl methyl sites for hydroxylation is 1. The number of rotatable bonds is 8. The van der Waals surface area contributed by atoms with Crippen LogP contribution in [-0.4, -0.2) is 17.5 Å². The van der Waals surface area contributed by atoms with Crippen LogP contribution in [0.2, 0.25) is 0 Å². The highest BCUT2D eigenvalue weighted by atomic mass is 16.5. The summed E-state index contributed by atoms with van der Waals surface area (Å²) in [5.41, 5.74) is 2.07. The Kier molecular flexibility index (Phi) is 6.60. The van der Waals surface area contributed by atoms with Gasteiger partial charge in [-0.2, -0.15) is 0 Å². The average molecular weight is 312 g/mol. The zero-order valence-electron chi connectivity index (χ0n) is 13.8. The van der Waals surface area contributed by atoms with Crippen LogP contribution < -0.4 is 10.1 Å². The Hall–Kier alpha value is -2.36. The van der Waals surface area contributed by atoms with Crippen LogP contribution in [0.3, 0.4) is 0 Å². The van der Waals surface area contributed by atoms with E-state index in [1.165, 1.54) is 0 Å². The van der Waals surface area contributed by atoms with Gasteiger partial charge < -0.3 is 10.1 Å². The van der Waals surface area contributed by atoms with Gasteiger partial charge in [-0.15, -0.1) is 0 Å². The molecule has 1 heterocycles. The lowest BCUT2D eigenvalue weighted by molar-refractivity contribution is -0.122. The van der Waals surface area contributed by atoms with Crippen molar-refractivity contribution in [1.29, 1.82) is 0 Å². The van der Waals surface area contributed by atoms with Gasteiger partial charge in [0.05, 0.1) is 18.3 Å². The van der Waals surface area contributed by atoms with E-state index < -0.39 is 0 Å². The molecule has 0 saturated heterocycles. The second kappa shape index (κ2) is 8.93. The number of para-hydroxylation sites is 1. The van der Waals surface area contributed by atoms with Gasteiger partial charge in [-0.3, -0.25) is 9.78 Å². The third-order valence-electron chi connectivity index (χ3n) is 3.60. The van der Waals surface area contributed by atoms with Crippen LogP contribution in [0.4, 0.5) is 0 Å². The Morgan fingerprint density at radius 1 is 1.26 bits per heavy atom. The summed E-state index contributed by atoms with van der Waals surface area (Å²) in [5, 5.41) is 3.05. The summed E-state index contributed by atoms with van der Waals surface area (Å²) >= 11 is 0. The number of amides is 1. The van der Waals surface area contributed by atoms with Gasteiger partial charge in [0.25, 0.3) is 0 Å². The van der Waals surface area contributed by atoms with Crippen molar-refractivity contribution in [1.82, 2.24) is 10.3 Å². The number of carbonyl (C=O) groups is 1. The van der Waals surface area contributed by atoms with Crippen LogP contribution in [0.1, 0.15) is 43.5 Å². The first-order chi connectivity index (χ1) is 11.2. The van der Waals surface area contributed by atoms with Gasteiger partial charge in [-0.25, -0.2) is 0 Å². The van der Waals surface area contributed by atoms with Crippen molar-refractivity contribution in [3.05, 3.63) is 59.9 Å². The van der Waals surface area contributed by atoms with Gasteiger partial charge in [0.2, 0.25) is 5.91 Å². The lowest BCUT2D eigenvalue weighted by atomic mass is 10.1. The first kappa shape index (κ1) is 17.0. The summed E-state index contributed by atoms with van der Waals surface area (Å²) in [5.74, 6) is 0.875. The largest absolute Gasteiger partial charge is 0.494 e. The van der Waals surface area contributed by atoms with Crippen LogP contribution in [0.5, 0.6) is 5.75 Å². The maximum Gasteiger partial charge on any atom is 0.220 e. The number of benzene rings is 1. The van der Waals surface area contributed by atoms with Gasteiger partial charge >= 0.3 is 0 Å². The Balaban J connectivity index is 1.75. The van der Waals surface area contributed by atoms with E-state index in [-0.39, 0.29) is 11.9 Å². The lowest BCUT2D eigenvalue weighted by Crippen LogP contribution is -2.28. The molecule has 1 unspecified atom stereocenters. The van der Waals surface area contributed by atoms with Crippen LogP contribution in [0, 0.1) is 6.92 Å². The fourth-order valence-corrected chi connectivity index (χ4v) is 2.34. The predicted molar refractivity (Wildman–Crippen MR) is 91.3 cm³/mol. The molecule has 1 aromatic heterocycles. The van der Waals surface area contributed by atoms with Gasteiger partial charge in [-0.05, 0) is 49.6 Å². The van der Waals surface area contributed by atoms with Crippen molar-refractivity contribution in [3.8, 4) is 5.75 Å². The molecule has 4 heteroatoms. The zero-order valence-corrected chi connectivity index (χ0v) is 13.8. The number of nitrogens with one attached hydrogen (secondary N) is 1. The molecule has 1 amide bonds. The maximum atomic E-state index is 12.1. The first-order valence-corrected chi connectivity index (χ1v) is 8.09. The molecule has 2 aromatic rings. The van der Waals surface area contributed by atoms with Gasteiger partial charge in [0.1, 0.15) is 5.75 Å². The van der Waals surface area contributed by atoms with Crippen molar-refractivity contribution in [2.75, 3.05) is 6.61 Å². The highest BCUT2D eigenvalue weighted by molar-refractivity contribution is 5.76. The number of aromatic nitrogens is 1. The normalized spacial score (nSPS) is 11.7. The Labute approximate surface area is 137 Å². The number of hydrogen-bond donors (Lipinski definition) is 1. The molecule has 0 spiro atoms. The van der Waals surface area contributed by atoms with Crippen LogP contribution in [0.15, 0.2) is 48.7 Å². The third-order valence-corrected chi connectivity index (χ3v) is 3.60. The molecule has 0 aliphatic rings. The lowest BCUT2D eigenvalue weighted by Gasteiger charge is -2.17. The minimum Gasteiger partial charge on any atom is -0.494 e. The number of nitrogens with zero attached hydrogens (tertiary/aromatic N) is 1. The molecule has 0 saturated carbocycles. The molecule has 1 aromatic carbocycles. The van der Waals surface area contributed by atoms with Crippen molar-refractivity contribution in [2.24, 2.45) is 0 Å². The zero-order chi connectivity index (χ0) is 16.5. The molecule has 0 radical (unpaired) electrons. The number of carbonyl (C=O) groups excluding carboxylic acids is 1. The summed E-state index contributed by atoms with van der Waals surface area (Å²) in [6.45, 7) is 4.62. The second-order valence-electron chi connectivity index (χ2n) is 5.55. The van der Waals surface area contributed by atoms with Gasteiger partial charge in [0, 0.05) is 12.6 Å². The SMILES string of the molecule is CCC(NC(=O)CCCOc1ccccc1)c1cc(C)ccn1. The van der Waals surface area contributed by atoms with E-state index in [0.717, 1.165) is 23.4 Å². The highest BCUT2D eigenvalue weighted by Crippen LogP contribution is 2.15. The fraction of sp³-hybridized carbons (Fsp3) is 0.368. The van der Waals surface area contributed by atoms with Crippen LogP contribution >= 0.6 is 0 Å². The van der Waals surface area contributed by atoms with Crippen molar-refractivity contribution < 1.29 is 9.53 Å². The molecule has 122 valence electrons. The first-order valence-electron chi connectivity index (χ1n) is 8.09. The molecular weight excluding hydrogens is 288 g/mol.